The second kappa shape index (κ2) is 7.52. The number of carbonyl (C=O) groups excluding carboxylic acids is 1. The molecular weight excluding hydrogens is 380 g/mol. The van der Waals surface area contributed by atoms with Crippen LogP contribution in [0.25, 0.3) is 11.3 Å². The van der Waals surface area contributed by atoms with Crippen molar-refractivity contribution in [1.82, 2.24) is 5.16 Å². The molecule has 1 aromatic heterocycles. The van der Waals surface area contributed by atoms with Crippen LogP contribution in [0.4, 0.5) is 8.78 Å². The van der Waals surface area contributed by atoms with E-state index in [0.29, 0.717) is 29.6 Å². The number of fused-ring (bicyclic) bond motifs is 2. The molecule has 2 unspecified atom stereocenters. The molecule has 0 radical (unpaired) electrons. The highest BCUT2D eigenvalue weighted by Crippen LogP contribution is 2.46. The molecule has 0 N–H and O–H groups in total. The van der Waals surface area contributed by atoms with Crippen LogP contribution < -0.4 is 4.74 Å². The average molecular weight is 403 g/mol. The van der Waals surface area contributed by atoms with Crippen molar-refractivity contribution in [2.45, 2.75) is 63.8 Å². The maximum atomic E-state index is 12.8. The van der Waals surface area contributed by atoms with E-state index in [-0.39, 0.29) is 23.7 Å². The highest BCUT2D eigenvalue weighted by Gasteiger charge is 2.42. The van der Waals surface area contributed by atoms with Gasteiger partial charge in [0.25, 0.3) is 0 Å². The summed E-state index contributed by atoms with van der Waals surface area (Å²) < 4.78 is 42.2. The van der Waals surface area contributed by atoms with Gasteiger partial charge >= 0.3 is 6.61 Å². The van der Waals surface area contributed by atoms with Gasteiger partial charge in [-0.1, -0.05) is 17.3 Å². The third-order valence-corrected chi connectivity index (χ3v) is 6.35. The van der Waals surface area contributed by atoms with Crippen molar-refractivity contribution in [2.75, 3.05) is 0 Å². The summed E-state index contributed by atoms with van der Waals surface area (Å²) in [6, 6.07) is 6.61. The van der Waals surface area contributed by atoms with E-state index in [1.807, 2.05) is 0 Å². The summed E-state index contributed by atoms with van der Waals surface area (Å²) in [7, 11) is 0. The fraction of sp³-hybridized carbons (Fsp3) is 0.545. The third-order valence-electron chi connectivity index (χ3n) is 6.35. The number of aromatic nitrogens is 1. The zero-order valence-corrected chi connectivity index (χ0v) is 16.0. The Morgan fingerprint density at radius 1 is 1.07 bits per heavy atom. The molecule has 2 aromatic rings. The third kappa shape index (κ3) is 3.68. The van der Waals surface area contributed by atoms with E-state index in [4.69, 9.17) is 9.26 Å². The lowest BCUT2D eigenvalue weighted by Gasteiger charge is -2.26. The lowest BCUT2D eigenvalue weighted by Crippen LogP contribution is -2.30. The summed E-state index contributed by atoms with van der Waals surface area (Å²) in [6.07, 6.45) is 5.55. The van der Waals surface area contributed by atoms with E-state index in [2.05, 4.69) is 9.89 Å². The molecule has 3 aliphatic rings. The number of para-hydroxylation sites is 1. The van der Waals surface area contributed by atoms with Crippen molar-refractivity contribution in [3.8, 4) is 17.0 Å². The minimum absolute atomic E-state index is 0.0348. The van der Waals surface area contributed by atoms with Gasteiger partial charge in [0.05, 0.1) is 12.7 Å². The average Bonchev–Trinajstić information content (AvgIpc) is 3.43. The molecule has 1 heterocycles. The fourth-order valence-corrected chi connectivity index (χ4v) is 4.76. The number of hydrogen-bond acceptors (Lipinski definition) is 5. The van der Waals surface area contributed by atoms with Crippen molar-refractivity contribution in [3.05, 3.63) is 35.6 Å². The van der Waals surface area contributed by atoms with E-state index in [9.17, 15) is 13.6 Å². The molecule has 3 aliphatic carbocycles. The lowest BCUT2D eigenvalue weighted by atomic mass is 9.86. The van der Waals surface area contributed by atoms with Gasteiger partial charge in [-0.3, -0.25) is 4.79 Å². The molecule has 3 saturated carbocycles. The van der Waals surface area contributed by atoms with Crippen LogP contribution in [-0.4, -0.2) is 23.7 Å². The normalized spacial score (nSPS) is 26.3. The topological polar surface area (TPSA) is 61.6 Å². The first-order valence-corrected chi connectivity index (χ1v) is 10.3. The molecule has 0 spiro atoms. The zero-order valence-electron chi connectivity index (χ0n) is 16.0. The molecule has 2 bridgehead atoms. The van der Waals surface area contributed by atoms with Gasteiger partial charge in [-0.25, -0.2) is 0 Å². The van der Waals surface area contributed by atoms with E-state index >= 15 is 0 Å². The molecule has 29 heavy (non-hydrogen) atoms. The molecule has 5 nitrogen and oxygen atoms in total. The van der Waals surface area contributed by atoms with Crippen LogP contribution in [0.15, 0.2) is 28.8 Å². The largest absolute Gasteiger partial charge is 0.434 e. The number of ether oxygens (including phenoxy) is 2. The Hall–Kier alpha value is -2.28. The van der Waals surface area contributed by atoms with E-state index in [0.717, 1.165) is 49.8 Å². The summed E-state index contributed by atoms with van der Waals surface area (Å²) in [5, 5.41) is 4.20. The number of Topliss-reactive ketones (excluding diaryl/α,β-unsaturated/α-hetero) is 1. The van der Waals surface area contributed by atoms with Crippen LogP contribution in [0.3, 0.4) is 0 Å². The molecule has 3 fully saturated rings. The smallest absolute Gasteiger partial charge is 0.387 e. The minimum atomic E-state index is -2.92. The number of halogens is 2. The highest BCUT2D eigenvalue weighted by atomic mass is 19.3. The number of ketones is 1. The van der Waals surface area contributed by atoms with Gasteiger partial charge in [0.2, 0.25) is 0 Å². The van der Waals surface area contributed by atoms with Crippen molar-refractivity contribution in [3.63, 3.8) is 0 Å². The summed E-state index contributed by atoms with van der Waals surface area (Å²) in [4.78, 5) is 12.1. The van der Waals surface area contributed by atoms with Gasteiger partial charge in [-0.15, -0.1) is 0 Å². The molecule has 7 heteroatoms. The van der Waals surface area contributed by atoms with Crippen LogP contribution in [0, 0.1) is 11.8 Å². The van der Waals surface area contributed by atoms with Crippen molar-refractivity contribution in [2.24, 2.45) is 11.8 Å². The van der Waals surface area contributed by atoms with Crippen LogP contribution in [0.2, 0.25) is 0 Å². The van der Waals surface area contributed by atoms with Gasteiger partial charge in [-0.2, -0.15) is 8.78 Å². The Kier molecular flexibility index (Phi) is 4.86. The van der Waals surface area contributed by atoms with E-state index in [1.54, 1.807) is 18.2 Å². The molecule has 2 atom stereocenters. The maximum Gasteiger partial charge on any atom is 0.387 e. The SMILES string of the molecule is O=C1C2CCC1CC(OCc1c(-c3ccccc3OC(F)F)noc1C1CC1)C2. The molecule has 0 amide bonds. The van der Waals surface area contributed by atoms with Crippen molar-refractivity contribution < 1.29 is 27.6 Å². The second-order valence-electron chi connectivity index (χ2n) is 8.30. The van der Waals surface area contributed by atoms with Crippen LogP contribution in [0.5, 0.6) is 5.75 Å². The number of rotatable bonds is 7. The standard InChI is InChI=1S/C22H23F2NO4/c23-22(24)28-18-4-2-1-3-16(18)19-17(21(29-25-19)12-5-6-12)11-27-15-9-13-7-8-14(10-15)20(13)26/h1-4,12-15,22H,5-11H2. The number of carbonyl (C=O) groups is 1. The summed E-state index contributed by atoms with van der Waals surface area (Å²) in [6.45, 7) is -2.62. The molecule has 5 rings (SSSR count). The fourth-order valence-electron chi connectivity index (χ4n) is 4.76. The van der Waals surface area contributed by atoms with Crippen LogP contribution >= 0.6 is 0 Å². The Balaban J connectivity index is 1.40. The van der Waals surface area contributed by atoms with Crippen LogP contribution in [-0.2, 0) is 16.1 Å². The van der Waals surface area contributed by atoms with Crippen molar-refractivity contribution >= 4 is 5.78 Å². The number of benzene rings is 1. The Morgan fingerprint density at radius 3 is 2.45 bits per heavy atom. The van der Waals surface area contributed by atoms with Gasteiger partial charge in [0.1, 0.15) is 23.0 Å². The maximum absolute atomic E-state index is 12.8. The minimum Gasteiger partial charge on any atom is -0.434 e. The quantitative estimate of drug-likeness (QED) is 0.644. The van der Waals surface area contributed by atoms with Crippen molar-refractivity contribution in [1.29, 1.82) is 0 Å². The van der Waals surface area contributed by atoms with Gasteiger partial charge in [0.15, 0.2) is 0 Å². The van der Waals surface area contributed by atoms with Gasteiger partial charge in [0, 0.05) is 28.9 Å². The van der Waals surface area contributed by atoms with Gasteiger partial charge in [-0.05, 0) is 50.7 Å². The summed E-state index contributed by atoms with van der Waals surface area (Å²) in [5.74, 6) is 1.81. The number of nitrogens with zero attached hydrogens (tertiary/aromatic N) is 1. The van der Waals surface area contributed by atoms with E-state index in [1.165, 1.54) is 6.07 Å². The predicted octanol–water partition coefficient (Wildman–Crippen LogP) is 5.09. The first-order valence-electron chi connectivity index (χ1n) is 10.3. The summed E-state index contributed by atoms with van der Waals surface area (Å²) >= 11 is 0. The Labute approximate surface area is 167 Å². The Bertz CT molecular complexity index is 892. The highest BCUT2D eigenvalue weighted by molar-refractivity contribution is 5.86. The Morgan fingerprint density at radius 2 is 1.76 bits per heavy atom. The zero-order chi connectivity index (χ0) is 20.0. The molecule has 1 aromatic carbocycles. The molecule has 0 aliphatic heterocycles. The molecule has 154 valence electrons. The first-order chi connectivity index (χ1) is 14.1. The number of hydrogen-bond donors (Lipinski definition) is 0. The van der Waals surface area contributed by atoms with Crippen LogP contribution in [0.1, 0.15) is 55.8 Å². The second-order valence-corrected chi connectivity index (χ2v) is 8.30. The number of alkyl halides is 2. The summed E-state index contributed by atoms with van der Waals surface area (Å²) in [5.41, 5.74) is 1.78. The monoisotopic (exact) mass is 403 g/mol. The predicted molar refractivity (Wildman–Crippen MR) is 99.6 cm³/mol. The first kappa shape index (κ1) is 18.7. The molecular formula is C22H23F2NO4. The molecule has 0 saturated heterocycles. The lowest BCUT2D eigenvalue weighted by molar-refractivity contribution is -0.130. The van der Waals surface area contributed by atoms with Gasteiger partial charge < -0.3 is 14.0 Å². The van der Waals surface area contributed by atoms with E-state index < -0.39 is 6.61 Å².